The summed E-state index contributed by atoms with van der Waals surface area (Å²) >= 11 is 0. The Kier molecular flexibility index (Phi) is 10.5. The summed E-state index contributed by atoms with van der Waals surface area (Å²) in [5, 5.41) is 6.55. The van der Waals surface area contributed by atoms with Crippen molar-refractivity contribution in [2.24, 2.45) is 11.5 Å². The van der Waals surface area contributed by atoms with E-state index in [9.17, 15) is 19.2 Å². The number of carbonyl (C=O) groups is 4. The van der Waals surface area contributed by atoms with Gasteiger partial charge in [-0.3, -0.25) is 19.4 Å². The van der Waals surface area contributed by atoms with Gasteiger partial charge in [-0.2, -0.15) is 0 Å². The maximum Gasteiger partial charge on any atom is 0.410 e. The highest BCUT2D eigenvalue weighted by Crippen LogP contribution is 2.25. The molecule has 2 aliphatic heterocycles. The smallest absolute Gasteiger partial charge is 0.410 e. The largest absolute Gasteiger partial charge is 0.449 e. The first-order chi connectivity index (χ1) is 19.8. The van der Waals surface area contributed by atoms with Crippen LogP contribution in [0.2, 0.25) is 0 Å². The zero-order valence-electron chi connectivity index (χ0n) is 23.1. The lowest BCUT2D eigenvalue weighted by Gasteiger charge is -2.36. The van der Waals surface area contributed by atoms with Crippen LogP contribution in [0.1, 0.15) is 63.2 Å². The van der Waals surface area contributed by atoms with Crippen LogP contribution in [0.15, 0.2) is 48.5 Å². The van der Waals surface area contributed by atoms with Crippen LogP contribution in [0, 0.1) is 0 Å². The number of nitrogens with one attached hydrogen (secondary N) is 2. The Balaban J connectivity index is 1.19. The van der Waals surface area contributed by atoms with E-state index < -0.39 is 24.0 Å². The minimum Gasteiger partial charge on any atom is -0.449 e. The van der Waals surface area contributed by atoms with E-state index in [2.05, 4.69) is 10.6 Å². The van der Waals surface area contributed by atoms with Gasteiger partial charge in [0.2, 0.25) is 11.8 Å². The summed E-state index contributed by atoms with van der Waals surface area (Å²) < 4.78 is 11.1. The number of ether oxygens (including phenoxy) is 2. The summed E-state index contributed by atoms with van der Waals surface area (Å²) in [7, 11) is 0. The zero-order valence-corrected chi connectivity index (χ0v) is 23.1. The fraction of sp³-hybridized carbons (Fsp3) is 0.448. The van der Waals surface area contributed by atoms with Crippen molar-refractivity contribution in [3.8, 4) is 0 Å². The first kappa shape index (κ1) is 29.8. The molecule has 2 atom stereocenters. The maximum absolute atomic E-state index is 12.8. The molecule has 0 saturated carbocycles. The van der Waals surface area contributed by atoms with E-state index in [0.717, 1.165) is 17.5 Å². The van der Waals surface area contributed by atoms with Crippen molar-refractivity contribution in [3.63, 3.8) is 0 Å². The molecule has 4 amide bonds. The molecule has 12 nitrogen and oxygen atoms in total. The lowest BCUT2D eigenvalue weighted by atomic mass is 10.0. The molecule has 0 aromatic heterocycles. The SMILES string of the molecule is NC(=O)c1cccc(C2CNCCN2C(=O)OCCCCCOC(=O)N2CCNCC2c2cccc(C(N)=O)c2)c1. The topological polar surface area (TPSA) is 169 Å². The predicted octanol–water partition coefficient (Wildman–Crippen LogP) is 1.92. The van der Waals surface area contributed by atoms with Gasteiger partial charge in [-0.15, -0.1) is 0 Å². The summed E-state index contributed by atoms with van der Waals surface area (Å²) in [5.41, 5.74) is 13.3. The van der Waals surface area contributed by atoms with E-state index in [0.29, 0.717) is 63.2 Å². The predicted molar refractivity (Wildman–Crippen MR) is 151 cm³/mol. The highest BCUT2D eigenvalue weighted by molar-refractivity contribution is 5.93. The number of hydrogen-bond donors (Lipinski definition) is 4. The minimum absolute atomic E-state index is 0.251. The highest BCUT2D eigenvalue weighted by Gasteiger charge is 2.30. The lowest BCUT2D eigenvalue weighted by Crippen LogP contribution is -2.49. The average Bonchev–Trinajstić information content (AvgIpc) is 3.00. The molecule has 2 fully saturated rings. The van der Waals surface area contributed by atoms with Gasteiger partial charge in [-0.05, 0) is 54.7 Å². The van der Waals surface area contributed by atoms with Crippen molar-refractivity contribution < 1.29 is 28.7 Å². The molecular weight excluding hydrogens is 528 g/mol. The summed E-state index contributed by atoms with van der Waals surface area (Å²) in [4.78, 5) is 52.2. The third-order valence-electron chi connectivity index (χ3n) is 7.31. The van der Waals surface area contributed by atoms with Crippen molar-refractivity contribution in [1.82, 2.24) is 20.4 Å². The van der Waals surface area contributed by atoms with Crippen molar-refractivity contribution in [2.45, 2.75) is 31.3 Å². The van der Waals surface area contributed by atoms with Crippen LogP contribution in [0.4, 0.5) is 9.59 Å². The minimum atomic E-state index is -0.516. The van der Waals surface area contributed by atoms with Gasteiger partial charge in [0.05, 0.1) is 25.3 Å². The van der Waals surface area contributed by atoms with E-state index in [1.165, 1.54) is 0 Å². The first-order valence-corrected chi connectivity index (χ1v) is 13.9. The molecule has 41 heavy (non-hydrogen) atoms. The van der Waals surface area contributed by atoms with Gasteiger partial charge in [-0.25, -0.2) is 9.59 Å². The van der Waals surface area contributed by atoms with Gasteiger partial charge in [0.25, 0.3) is 0 Å². The number of nitrogens with zero attached hydrogens (tertiary/aromatic N) is 2. The second-order valence-corrected chi connectivity index (χ2v) is 10.1. The van der Waals surface area contributed by atoms with Crippen LogP contribution in [0.25, 0.3) is 0 Å². The molecule has 0 bridgehead atoms. The van der Waals surface area contributed by atoms with Crippen LogP contribution in [-0.2, 0) is 9.47 Å². The summed E-state index contributed by atoms with van der Waals surface area (Å²) in [6.45, 7) is 3.87. The van der Waals surface area contributed by atoms with Crippen LogP contribution in [0.3, 0.4) is 0 Å². The maximum atomic E-state index is 12.8. The Labute approximate surface area is 239 Å². The Bertz CT molecular complexity index is 1150. The molecule has 2 saturated heterocycles. The second-order valence-electron chi connectivity index (χ2n) is 10.1. The number of benzene rings is 2. The third kappa shape index (κ3) is 7.95. The Hall–Kier alpha value is -4.16. The van der Waals surface area contributed by atoms with E-state index >= 15 is 0 Å². The number of carbonyl (C=O) groups excluding carboxylic acids is 4. The molecule has 2 aromatic carbocycles. The summed E-state index contributed by atoms with van der Waals surface area (Å²) in [6, 6.07) is 13.4. The third-order valence-corrected chi connectivity index (χ3v) is 7.31. The molecule has 2 heterocycles. The molecule has 2 aliphatic rings. The van der Waals surface area contributed by atoms with Gasteiger partial charge in [0.15, 0.2) is 0 Å². The molecule has 0 spiro atoms. The quantitative estimate of drug-likeness (QED) is 0.316. The van der Waals surface area contributed by atoms with Gasteiger partial charge < -0.3 is 31.6 Å². The van der Waals surface area contributed by atoms with Gasteiger partial charge in [0, 0.05) is 50.4 Å². The number of unbranched alkanes of at least 4 members (excludes halogenated alkanes) is 2. The number of nitrogens with two attached hydrogens (primary N) is 2. The molecule has 220 valence electrons. The normalized spacial score (nSPS) is 18.9. The number of rotatable bonds is 10. The fourth-order valence-corrected chi connectivity index (χ4v) is 5.11. The second kappa shape index (κ2) is 14.5. The van der Waals surface area contributed by atoms with Crippen molar-refractivity contribution in [2.75, 3.05) is 52.5 Å². The van der Waals surface area contributed by atoms with E-state index in [4.69, 9.17) is 20.9 Å². The molecule has 0 radical (unpaired) electrons. The van der Waals surface area contributed by atoms with Crippen LogP contribution >= 0.6 is 0 Å². The molecule has 2 aromatic rings. The lowest BCUT2D eigenvalue weighted by molar-refractivity contribution is 0.0714. The Morgan fingerprint density at radius 1 is 0.707 bits per heavy atom. The summed E-state index contributed by atoms with van der Waals surface area (Å²) in [6.07, 6.45) is 1.17. The highest BCUT2D eigenvalue weighted by atomic mass is 16.6. The summed E-state index contributed by atoms with van der Waals surface area (Å²) in [5.74, 6) is -1.03. The number of amides is 4. The van der Waals surface area contributed by atoms with E-state index in [1.54, 1.807) is 46.2 Å². The molecule has 12 heteroatoms. The van der Waals surface area contributed by atoms with E-state index in [1.807, 2.05) is 12.1 Å². The zero-order chi connectivity index (χ0) is 29.2. The van der Waals surface area contributed by atoms with Crippen LogP contribution in [-0.4, -0.2) is 86.3 Å². The number of primary amides is 2. The number of piperazine rings is 2. The Morgan fingerprint density at radius 3 is 1.56 bits per heavy atom. The number of hydrogen-bond acceptors (Lipinski definition) is 8. The van der Waals surface area contributed by atoms with E-state index in [-0.39, 0.29) is 25.3 Å². The first-order valence-electron chi connectivity index (χ1n) is 13.9. The van der Waals surface area contributed by atoms with Crippen molar-refractivity contribution in [3.05, 3.63) is 70.8 Å². The standard InChI is InChI=1S/C29H38N6O6/c30-26(36)22-8-4-6-20(16-22)24-18-32-10-12-34(24)28(38)40-14-2-1-3-15-41-29(39)35-13-11-33-19-25(35)21-7-5-9-23(17-21)27(31)37/h4-9,16-17,24-25,32-33H,1-3,10-15,18-19H2,(H2,30,36)(H2,31,37). The average molecular weight is 567 g/mol. The molecule has 4 rings (SSSR count). The van der Waals surface area contributed by atoms with Gasteiger partial charge >= 0.3 is 12.2 Å². The van der Waals surface area contributed by atoms with Gasteiger partial charge in [0.1, 0.15) is 0 Å². The molecule has 0 aliphatic carbocycles. The Morgan fingerprint density at radius 2 is 1.15 bits per heavy atom. The van der Waals surface area contributed by atoms with Crippen molar-refractivity contribution >= 4 is 24.0 Å². The molecule has 2 unspecified atom stereocenters. The fourth-order valence-electron chi connectivity index (χ4n) is 5.11. The monoisotopic (exact) mass is 566 g/mol. The molecule has 6 N–H and O–H groups in total. The van der Waals surface area contributed by atoms with Crippen LogP contribution in [0.5, 0.6) is 0 Å². The molecular formula is C29H38N6O6. The van der Waals surface area contributed by atoms with Crippen molar-refractivity contribution in [1.29, 1.82) is 0 Å². The van der Waals surface area contributed by atoms with Gasteiger partial charge in [-0.1, -0.05) is 24.3 Å². The van der Waals surface area contributed by atoms with Crippen LogP contribution < -0.4 is 22.1 Å².